The number of esters is 1. The molecule has 3 rings (SSSR count). The molecule has 0 aliphatic carbocycles. The van der Waals surface area contributed by atoms with E-state index in [-0.39, 0.29) is 22.2 Å². The molecule has 2 unspecified atom stereocenters. The minimum absolute atomic E-state index is 0.0680. The van der Waals surface area contributed by atoms with Crippen LogP contribution in [0.3, 0.4) is 0 Å². The number of carbonyl (C=O) groups excluding carboxylic acids is 2. The molecule has 0 spiro atoms. The Bertz CT molecular complexity index is 1190. The van der Waals surface area contributed by atoms with Crippen LogP contribution in [-0.4, -0.2) is 54.9 Å². The van der Waals surface area contributed by atoms with Gasteiger partial charge in [0.05, 0.1) is 9.82 Å². The molecule has 1 aliphatic rings. The van der Waals surface area contributed by atoms with Crippen molar-refractivity contribution in [2.24, 2.45) is 11.8 Å². The Morgan fingerprint density at radius 3 is 2.35 bits per heavy atom. The van der Waals surface area contributed by atoms with Crippen LogP contribution in [0, 0.1) is 22.0 Å². The van der Waals surface area contributed by atoms with Crippen LogP contribution >= 0.6 is 0 Å². The Balaban J connectivity index is 1.70. The normalized spacial score (nSPS) is 18.2. The standard InChI is InChI=1S/C22H25N3O8S/c1-14-9-15(2)12-24(11-14)21(27)13-33-22(28)19-10-18(7-8-20(19)26)34(31,32)23-16-3-5-17(6-4-16)25(29)30/h3-8,10,14-15,23,26H,9,11-13H2,1-2H3. The Kier molecular flexibility index (Phi) is 7.40. The lowest BCUT2D eigenvalue weighted by molar-refractivity contribution is -0.384. The number of nitro benzene ring substituents is 1. The van der Waals surface area contributed by atoms with Crippen LogP contribution in [0.1, 0.15) is 30.6 Å². The minimum atomic E-state index is -4.19. The highest BCUT2D eigenvalue weighted by Crippen LogP contribution is 2.25. The maximum absolute atomic E-state index is 12.7. The van der Waals surface area contributed by atoms with Gasteiger partial charge in [0.2, 0.25) is 0 Å². The number of sulfonamides is 1. The summed E-state index contributed by atoms with van der Waals surface area (Å²) in [5, 5.41) is 20.8. The SMILES string of the molecule is CC1CC(C)CN(C(=O)COC(=O)c2cc(S(=O)(=O)Nc3ccc([N+](=O)[O-])cc3)ccc2O)C1. The van der Waals surface area contributed by atoms with Crippen LogP contribution in [-0.2, 0) is 19.6 Å². The number of nitrogens with zero attached hydrogens (tertiary/aromatic N) is 2. The number of nitrogens with one attached hydrogen (secondary N) is 1. The van der Waals surface area contributed by atoms with Crippen molar-refractivity contribution in [2.45, 2.75) is 25.2 Å². The second-order valence-electron chi connectivity index (χ2n) is 8.41. The molecule has 11 nitrogen and oxygen atoms in total. The smallest absolute Gasteiger partial charge is 0.342 e. The Morgan fingerprint density at radius 1 is 1.15 bits per heavy atom. The average molecular weight is 492 g/mol. The van der Waals surface area contributed by atoms with E-state index in [1.165, 1.54) is 12.1 Å². The lowest BCUT2D eigenvalue weighted by atomic mass is 9.92. The summed E-state index contributed by atoms with van der Waals surface area (Å²) < 4.78 is 32.7. The number of non-ortho nitro benzene ring substituents is 1. The number of amides is 1. The van der Waals surface area contributed by atoms with Crippen molar-refractivity contribution in [3.05, 3.63) is 58.1 Å². The minimum Gasteiger partial charge on any atom is -0.507 e. The zero-order valence-corrected chi connectivity index (χ0v) is 19.4. The number of likely N-dealkylation sites (tertiary alicyclic amines) is 1. The number of hydrogen-bond donors (Lipinski definition) is 2. The van der Waals surface area contributed by atoms with Gasteiger partial charge in [-0.05, 0) is 48.6 Å². The molecule has 12 heteroatoms. The highest BCUT2D eigenvalue weighted by atomic mass is 32.2. The van der Waals surface area contributed by atoms with Crippen LogP contribution in [0.25, 0.3) is 0 Å². The highest BCUT2D eigenvalue weighted by molar-refractivity contribution is 7.92. The van der Waals surface area contributed by atoms with Gasteiger partial charge in [-0.2, -0.15) is 0 Å². The fourth-order valence-electron chi connectivity index (χ4n) is 3.87. The molecule has 1 fully saturated rings. The maximum atomic E-state index is 12.7. The molecule has 2 aromatic rings. The van der Waals surface area contributed by atoms with Crippen LogP contribution in [0.2, 0.25) is 0 Å². The molecule has 1 saturated heterocycles. The first-order chi connectivity index (χ1) is 16.0. The Morgan fingerprint density at radius 2 is 1.76 bits per heavy atom. The van der Waals surface area contributed by atoms with Crippen LogP contribution in [0.5, 0.6) is 5.75 Å². The number of benzene rings is 2. The van der Waals surface area contributed by atoms with Crippen molar-refractivity contribution < 1.29 is 32.8 Å². The van der Waals surface area contributed by atoms with E-state index < -0.39 is 38.8 Å². The summed E-state index contributed by atoms with van der Waals surface area (Å²) in [4.78, 5) is 36.3. The van der Waals surface area contributed by atoms with Crippen LogP contribution in [0.4, 0.5) is 11.4 Å². The van der Waals surface area contributed by atoms with Gasteiger partial charge < -0.3 is 14.7 Å². The lowest BCUT2D eigenvalue weighted by Gasteiger charge is -2.34. The zero-order valence-electron chi connectivity index (χ0n) is 18.6. The number of ether oxygens (including phenoxy) is 1. The molecular weight excluding hydrogens is 466 g/mol. The van der Waals surface area contributed by atoms with Gasteiger partial charge in [0, 0.05) is 30.9 Å². The first kappa shape index (κ1) is 25.0. The summed E-state index contributed by atoms with van der Waals surface area (Å²) in [5.74, 6) is -1.26. The van der Waals surface area contributed by atoms with E-state index in [1.807, 2.05) is 13.8 Å². The van der Waals surface area contributed by atoms with E-state index in [1.54, 1.807) is 4.90 Å². The molecule has 0 bridgehead atoms. The Hall–Kier alpha value is -3.67. The van der Waals surface area contributed by atoms with Gasteiger partial charge in [0.25, 0.3) is 21.6 Å². The van der Waals surface area contributed by atoms with Crippen molar-refractivity contribution in [2.75, 3.05) is 24.4 Å². The monoisotopic (exact) mass is 491 g/mol. The third kappa shape index (κ3) is 6.01. The van der Waals surface area contributed by atoms with Crippen molar-refractivity contribution in [3.8, 4) is 5.75 Å². The summed E-state index contributed by atoms with van der Waals surface area (Å²) in [6.07, 6.45) is 1.01. The molecule has 0 aromatic heterocycles. The zero-order chi connectivity index (χ0) is 25.0. The van der Waals surface area contributed by atoms with Crippen LogP contribution in [0.15, 0.2) is 47.4 Å². The molecule has 1 aliphatic heterocycles. The predicted octanol–water partition coefficient (Wildman–Crippen LogP) is 2.76. The van der Waals surface area contributed by atoms with Gasteiger partial charge in [-0.25, -0.2) is 13.2 Å². The molecule has 182 valence electrons. The van der Waals surface area contributed by atoms with Crippen LogP contribution < -0.4 is 4.72 Å². The predicted molar refractivity (Wildman–Crippen MR) is 122 cm³/mol. The molecule has 0 radical (unpaired) electrons. The molecule has 2 aromatic carbocycles. The number of phenols is 1. The van der Waals surface area contributed by atoms with Gasteiger partial charge in [-0.15, -0.1) is 0 Å². The maximum Gasteiger partial charge on any atom is 0.342 e. The summed E-state index contributed by atoms with van der Waals surface area (Å²) in [6.45, 7) is 4.67. The lowest BCUT2D eigenvalue weighted by Crippen LogP contribution is -2.44. The number of anilines is 1. The number of phenolic OH excluding ortho intramolecular Hbond substituents is 1. The summed E-state index contributed by atoms with van der Waals surface area (Å²) in [5.41, 5.74) is -0.557. The number of nitro groups is 1. The van der Waals surface area contributed by atoms with E-state index in [0.29, 0.717) is 24.9 Å². The van der Waals surface area contributed by atoms with E-state index in [4.69, 9.17) is 4.74 Å². The van der Waals surface area contributed by atoms with E-state index in [0.717, 1.165) is 36.8 Å². The third-order valence-corrected chi connectivity index (χ3v) is 6.76. The second kappa shape index (κ2) is 10.1. The van der Waals surface area contributed by atoms with Gasteiger partial charge in [-0.1, -0.05) is 13.8 Å². The van der Waals surface area contributed by atoms with Gasteiger partial charge in [-0.3, -0.25) is 19.6 Å². The molecule has 1 amide bonds. The molecule has 2 N–H and O–H groups in total. The first-order valence-corrected chi connectivity index (χ1v) is 12.0. The number of carbonyl (C=O) groups is 2. The summed E-state index contributed by atoms with van der Waals surface area (Å²) >= 11 is 0. The van der Waals surface area contributed by atoms with E-state index in [2.05, 4.69) is 4.72 Å². The number of rotatable bonds is 7. The molecule has 0 saturated carbocycles. The fraction of sp³-hybridized carbons (Fsp3) is 0.364. The van der Waals surface area contributed by atoms with Crippen molar-refractivity contribution in [1.82, 2.24) is 4.90 Å². The Labute approximate surface area is 196 Å². The highest BCUT2D eigenvalue weighted by Gasteiger charge is 2.27. The van der Waals surface area contributed by atoms with Gasteiger partial charge in [0.1, 0.15) is 11.3 Å². The average Bonchev–Trinajstić information content (AvgIpc) is 2.76. The van der Waals surface area contributed by atoms with Crippen molar-refractivity contribution >= 4 is 33.3 Å². The topological polar surface area (TPSA) is 156 Å². The molecule has 2 atom stereocenters. The number of piperidine rings is 1. The van der Waals surface area contributed by atoms with E-state index >= 15 is 0 Å². The number of aromatic hydroxyl groups is 1. The number of hydrogen-bond acceptors (Lipinski definition) is 8. The molecule has 34 heavy (non-hydrogen) atoms. The largest absolute Gasteiger partial charge is 0.507 e. The third-order valence-electron chi connectivity index (χ3n) is 5.38. The van der Waals surface area contributed by atoms with Gasteiger partial charge in [0.15, 0.2) is 6.61 Å². The van der Waals surface area contributed by atoms with Crippen molar-refractivity contribution in [1.29, 1.82) is 0 Å². The molecule has 1 heterocycles. The summed E-state index contributed by atoms with van der Waals surface area (Å²) in [7, 11) is -4.19. The molecular formula is C22H25N3O8S. The summed E-state index contributed by atoms with van der Waals surface area (Å²) in [6, 6.07) is 7.76. The quantitative estimate of drug-likeness (QED) is 0.340. The van der Waals surface area contributed by atoms with Crippen molar-refractivity contribution in [3.63, 3.8) is 0 Å². The van der Waals surface area contributed by atoms with E-state index in [9.17, 15) is 33.2 Å². The fourth-order valence-corrected chi connectivity index (χ4v) is 4.96. The second-order valence-corrected chi connectivity index (χ2v) is 10.1. The van der Waals surface area contributed by atoms with Gasteiger partial charge >= 0.3 is 5.97 Å². The first-order valence-electron chi connectivity index (χ1n) is 10.5.